The highest BCUT2D eigenvalue weighted by Gasteiger charge is 1.99. The van der Waals surface area contributed by atoms with Crippen molar-refractivity contribution in [3.05, 3.63) is 0 Å². The number of hydrogen-bond donors (Lipinski definition) is 0. The summed E-state index contributed by atoms with van der Waals surface area (Å²) >= 11 is 0. The molecule has 0 aromatic carbocycles. The van der Waals surface area contributed by atoms with Crippen molar-refractivity contribution in [2.24, 2.45) is 0 Å². The minimum absolute atomic E-state index is 0.331. The van der Waals surface area contributed by atoms with Crippen LogP contribution in [0.15, 0.2) is 0 Å². The monoisotopic (exact) mass is 168 g/mol. The molecule has 0 fully saturated rings. The number of hydrogen-bond acceptors (Lipinski definition) is 1. The third kappa shape index (κ3) is 7.63. The van der Waals surface area contributed by atoms with E-state index >= 15 is 0 Å². The first-order chi connectivity index (χ1) is 5.81. The molecule has 0 saturated heterocycles. The number of rotatable bonds is 7. The zero-order valence-electron chi connectivity index (χ0n) is 8.31. The fourth-order valence-corrected chi connectivity index (χ4v) is 1.13. The Morgan fingerprint density at radius 3 is 2.67 bits per heavy atom. The molecule has 0 rings (SSSR count). The molecule has 0 heterocycles. The van der Waals surface area contributed by atoms with Crippen molar-refractivity contribution in [3.63, 3.8) is 0 Å². The molecule has 70 valence electrons. The van der Waals surface area contributed by atoms with Gasteiger partial charge in [-0.05, 0) is 13.3 Å². The highest BCUT2D eigenvalue weighted by molar-refractivity contribution is 4.83. The molecule has 0 amide bonds. The number of terminal acetylenes is 1. The van der Waals surface area contributed by atoms with Gasteiger partial charge in [-0.1, -0.05) is 38.5 Å². The van der Waals surface area contributed by atoms with Gasteiger partial charge in [-0.2, -0.15) is 0 Å². The van der Waals surface area contributed by atoms with E-state index in [2.05, 4.69) is 19.8 Å². The second-order valence-corrected chi connectivity index (χ2v) is 3.18. The van der Waals surface area contributed by atoms with Crippen LogP contribution in [-0.2, 0) is 4.74 Å². The summed E-state index contributed by atoms with van der Waals surface area (Å²) in [6.07, 6.45) is 11.8. The molecule has 1 atom stereocenters. The van der Waals surface area contributed by atoms with Crippen LogP contribution >= 0.6 is 0 Å². The highest BCUT2D eigenvalue weighted by Crippen LogP contribution is 2.07. The molecule has 0 aliphatic carbocycles. The summed E-state index contributed by atoms with van der Waals surface area (Å²) in [6.45, 7) is 4.76. The lowest BCUT2D eigenvalue weighted by Crippen LogP contribution is -2.07. The average molecular weight is 168 g/mol. The SMILES string of the molecule is C#CCOC(C)CCCCCC. The van der Waals surface area contributed by atoms with Crippen LogP contribution < -0.4 is 0 Å². The zero-order valence-corrected chi connectivity index (χ0v) is 8.31. The van der Waals surface area contributed by atoms with E-state index in [0.29, 0.717) is 12.7 Å². The Balaban J connectivity index is 3.09. The fourth-order valence-electron chi connectivity index (χ4n) is 1.13. The minimum atomic E-state index is 0.331. The Labute approximate surface area is 76.5 Å². The van der Waals surface area contributed by atoms with Crippen molar-refractivity contribution in [3.8, 4) is 12.3 Å². The van der Waals surface area contributed by atoms with E-state index in [4.69, 9.17) is 11.2 Å². The Bertz CT molecular complexity index is 123. The molecule has 0 aliphatic heterocycles. The molecule has 0 saturated carbocycles. The van der Waals surface area contributed by atoms with E-state index in [9.17, 15) is 0 Å². The van der Waals surface area contributed by atoms with E-state index in [1.54, 1.807) is 0 Å². The molecule has 0 bridgehead atoms. The van der Waals surface area contributed by atoms with E-state index in [1.807, 2.05) is 0 Å². The largest absolute Gasteiger partial charge is 0.366 e. The van der Waals surface area contributed by atoms with Gasteiger partial charge < -0.3 is 4.74 Å². The van der Waals surface area contributed by atoms with E-state index < -0.39 is 0 Å². The molecule has 0 spiro atoms. The van der Waals surface area contributed by atoms with Gasteiger partial charge >= 0.3 is 0 Å². The molecule has 0 aromatic rings. The van der Waals surface area contributed by atoms with Gasteiger partial charge in [0.25, 0.3) is 0 Å². The average Bonchev–Trinajstić information content (AvgIpc) is 2.09. The molecule has 0 aliphatic rings. The highest BCUT2D eigenvalue weighted by atomic mass is 16.5. The first-order valence-electron chi connectivity index (χ1n) is 4.86. The molecule has 1 unspecified atom stereocenters. The first kappa shape index (κ1) is 11.5. The summed E-state index contributed by atoms with van der Waals surface area (Å²) in [6, 6.07) is 0. The molecular formula is C11H20O. The zero-order chi connectivity index (χ0) is 9.23. The number of ether oxygens (including phenoxy) is 1. The van der Waals surface area contributed by atoms with Crippen LogP contribution in [0.3, 0.4) is 0 Å². The minimum Gasteiger partial charge on any atom is -0.366 e. The maximum Gasteiger partial charge on any atom is 0.107 e. The number of unbranched alkanes of at least 4 members (excludes halogenated alkanes) is 3. The lowest BCUT2D eigenvalue weighted by atomic mass is 10.1. The summed E-state index contributed by atoms with van der Waals surface area (Å²) in [5, 5.41) is 0. The van der Waals surface area contributed by atoms with E-state index in [1.165, 1.54) is 25.7 Å². The van der Waals surface area contributed by atoms with Crippen molar-refractivity contribution in [1.29, 1.82) is 0 Å². The van der Waals surface area contributed by atoms with Crippen molar-refractivity contribution < 1.29 is 4.74 Å². The lowest BCUT2D eigenvalue weighted by molar-refractivity contribution is 0.0835. The standard InChI is InChI=1S/C11H20O/c1-4-6-7-8-9-11(3)12-10-5-2/h2,11H,4,6-10H2,1,3H3. The van der Waals surface area contributed by atoms with Gasteiger partial charge in [-0.15, -0.1) is 6.42 Å². The summed E-state index contributed by atoms with van der Waals surface area (Å²) in [5.74, 6) is 2.48. The summed E-state index contributed by atoms with van der Waals surface area (Å²) in [7, 11) is 0. The molecule has 0 aromatic heterocycles. The second kappa shape index (κ2) is 8.62. The van der Waals surface area contributed by atoms with Gasteiger partial charge in [0.2, 0.25) is 0 Å². The van der Waals surface area contributed by atoms with Crippen molar-refractivity contribution in [1.82, 2.24) is 0 Å². The molecular weight excluding hydrogens is 148 g/mol. The van der Waals surface area contributed by atoms with Gasteiger partial charge in [-0.3, -0.25) is 0 Å². The summed E-state index contributed by atoms with van der Waals surface area (Å²) in [5.41, 5.74) is 0. The maximum atomic E-state index is 5.34. The first-order valence-corrected chi connectivity index (χ1v) is 4.86. The maximum absolute atomic E-state index is 5.34. The Hall–Kier alpha value is -0.480. The second-order valence-electron chi connectivity index (χ2n) is 3.18. The van der Waals surface area contributed by atoms with Gasteiger partial charge in [0.1, 0.15) is 6.61 Å². The van der Waals surface area contributed by atoms with Crippen molar-refractivity contribution in [2.75, 3.05) is 6.61 Å². The Kier molecular flexibility index (Phi) is 8.27. The van der Waals surface area contributed by atoms with Gasteiger partial charge in [0.05, 0.1) is 6.10 Å². The van der Waals surface area contributed by atoms with Gasteiger partial charge in [-0.25, -0.2) is 0 Å². The third-order valence-electron chi connectivity index (χ3n) is 1.92. The predicted molar refractivity (Wildman–Crippen MR) is 53.0 cm³/mol. The molecule has 1 nitrogen and oxygen atoms in total. The smallest absolute Gasteiger partial charge is 0.107 e. The van der Waals surface area contributed by atoms with E-state index in [0.717, 1.165) is 6.42 Å². The Morgan fingerprint density at radius 2 is 2.08 bits per heavy atom. The summed E-state index contributed by atoms with van der Waals surface area (Å²) in [4.78, 5) is 0. The van der Waals surface area contributed by atoms with Crippen molar-refractivity contribution >= 4 is 0 Å². The van der Waals surface area contributed by atoms with Crippen molar-refractivity contribution in [2.45, 2.75) is 52.1 Å². The predicted octanol–water partition coefficient (Wildman–Crippen LogP) is 3.00. The van der Waals surface area contributed by atoms with E-state index in [-0.39, 0.29) is 0 Å². The quantitative estimate of drug-likeness (QED) is 0.419. The third-order valence-corrected chi connectivity index (χ3v) is 1.92. The Morgan fingerprint density at radius 1 is 1.33 bits per heavy atom. The van der Waals surface area contributed by atoms with Crippen LogP contribution in [0.5, 0.6) is 0 Å². The molecule has 0 N–H and O–H groups in total. The molecule has 12 heavy (non-hydrogen) atoms. The topological polar surface area (TPSA) is 9.23 Å². The van der Waals surface area contributed by atoms with Gasteiger partial charge in [0, 0.05) is 0 Å². The van der Waals surface area contributed by atoms with Crippen LogP contribution in [-0.4, -0.2) is 12.7 Å². The van der Waals surface area contributed by atoms with Crippen LogP contribution in [0.25, 0.3) is 0 Å². The lowest BCUT2D eigenvalue weighted by Gasteiger charge is -2.09. The molecule has 0 radical (unpaired) electrons. The van der Waals surface area contributed by atoms with Crippen LogP contribution in [0.1, 0.15) is 46.0 Å². The van der Waals surface area contributed by atoms with Crippen LogP contribution in [0.2, 0.25) is 0 Å². The van der Waals surface area contributed by atoms with Crippen LogP contribution in [0, 0.1) is 12.3 Å². The summed E-state index contributed by atoms with van der Waals surface area (Å²) < 4.78 is 5.34. The normalized spacial score (nSPS) is 12.4. The van der Waals surface area contributed by atoms with Gasteiger partial charge in [0.15, 0.2) is 0 Å². The fraction of sp³-hybridized carbons (Fsp3) is 0.818. The molecule has 1 heteroatoms. The van der Waals surface area contributed by atoms with Crippen LogP contribution in [0.4, 0.5) is 0 Å².